The highest BCUT2D eigenvalue weighted by Gasteiger charge is 2.34. The van der Waals surface area contributed by atoms with E-state index in [2.05, 4.69) is 11.4 Å². The van der Waals surface area contributed by atoms with Gasteiger partial charge in [-0.25, -0.2) is 4.79 Å². The first-order valence-corrected chi connectivity index (χ1v) is 13.2. The van der Waals surface area contributed by atoms with Crippen LogP contribution in [0.2, 0.25) is 0 Å². The molecule has 35 heavy (non-hydrogen) atoms. The lowest BCUT2D eigenvalue weighted by molar-refractivity contribution is 0.187. The van der Waals surface area contributed by atoms with Gasteiger partial charge in [-0.3, -0.25) is 14.9 Å². The van der Waals surface area contributed by atoms with Gasteiger partial charge in [0.25, 0.3) is 10.1 Å². The predicted octanol–water partition coefficient (Wildman–Crippen LogP) is 4.60. The summed E-state index contributed by atoms with van der Waals surface area (Å²) >= 11 is 0. The quantitative estimate of drug-likeness (QED) is 0.393. The number of nitrogens with one attached hydrogen (secondary N) is 1. The second-order valence-electron chi connectivity index (χ2n) is 9.04. The van der Waals surface area contributed by atoms with Crippen molar-refractivity contribution in [1.29, 1.82) is 0 Å². The maximum absolute atomic E-state index is 11.7. The van der Waals surface area contributed by atoms with Crippen LogP contribution in [0.1, 0.15) is 30.4 Å². The van der Waals surface area contributed by atoms with Gasteiger partial charge in [0, 0.05) is 5.39 Å². The van der Waals surface area contributed by atoms with Crippen LogP contribution >= 0.6 is 0 Å². The summed E-state index contributed by atoms with van der Waals surface area (Å²) < 4.78 is 41.8. The maximum atomic E-state index is 11.7. The number of fused-ring (bicyclic) bond motifs is 7. The van der Waals surface area contributed by atoms with Crippen molar-refractivity contribution in [2.24, 2.45) is 11.8 Å². The molecule has 3 aromatic rings. The van der Waals surface area contributed by atoms with E-state index < -0.39 is 16.2 Å². The molecule has 1 fully saturated rings. The van der Waals surface area contributed by atoms with Crippen LogP contribution in [0.25, 0.3) is 21.7 Å². The maximum Gasteiger partial charge on any atom is 0.411 e. The van der Waals surface area contributed by atoms with E-state index in [1.807, 2.05) is 12.1 Å². The van der Waals surface area contributed by atoms with Crippen LogP contribution in [-0.4, -0.2) is 51.6 Å². The van der Waals surface area contributed by atoms with Gasteiger partial charge >= 0.3 is 6.09 Å². The van der Waals surface area contributed by atoms with Crippen molar-refractivity contribution in [3.63, 3.8) is 0 Å². The number of rotatable bonds is 3. The third kappa shape index (κ3) is 5.28. The van der Waals surface area contributed by atoms with E-state index in [1.165, 1.54) is 42.9 Å². The van der Waals surface area contributed by atoms with E-state index >= 15 is 0 Å². The predicted molar refractivity (Wildman–Crippen MR) is 134 cm³/mol. The SMILES string of the molecule is COC(=O)Nc1cnc2c3c(c4cc(OC)c(OC)cc4c2c1)CC1CCCC1C3.CS(=O)(=O)O. The van der Waals surface area contributed by atoms with Crippen molar-refractivity contribution in [2.45, 2.75) is 32.1 Å². The van der Waals surface area contributed by atoms with Gasteiger partial charge in [-0.2, -0.15) is 8.42 Å². The van der Waals surface area contributed by atoms with E-state index in [0.717, 1.165) is 46.7 Å². The van der Waals surface area contributed by atoms with Crippen molar-refractivity contribution < 1.29 is 32.0 Å². The average molecular weight is 503 g/mol. The number of anilines is 1. The van der Waals surface area contributed by atoms with Gasteiger partial charge in [0.1, 0.15) is 0 Å². The number of ether oxygens (including phenoxy) is 3. The molecule has 2 aliphatic rings. The largest absolute Gasteiger partial charge is 0.493 e. The Balaban J connectivity index is 0.000000527. The highest BCUT2D eigenvalue weighted by atomic mass is 32.2. The minimum Gasteiger partial charge on any atom is -0.493 e. The number of amides is 1. The molecule has 0 aliphatic heterocycles. The monoisotopic (exact) mass is 502 g/mol. The van der Waals surface area contributed by atoms with E-state index in [1.54, 1.807) is 20.4 Å². The molecule has 2 unspecified atom stereocenters. The first-order valence-electron chi connectivity index (χ1n) is 11.4. The van der Waals surface area contributed by atoms with Crippen LogP contribution in [-0.2, 0) is 27.7 Å². The summed E-state index contributed by atoms with van der Waals surface area (Å²) in [5, 5.41) is 6.01. The topological polar surface area (TPSA) is 124 Å². The fraction of sp³-hybridized carbons (Fsp3) is 0.440. The number of hydrogen-bond acceptors (Lipinski definition) is 7. The summed E-state index contributed by atoms with van der Waals surface area (Å²) in [4.78, 5) is 16.5. The van der Waals surface area contributed by atoms with Crippen LogP contribution in [0.3, 0.4) is 0 Å². The fourth-order valence-corrected chi connectivity index (χ4v) is 5.43. The van der Waals surface area contributed by atoms with Crippen molar-refractivity contribution in [2.75, 3.05) is 32.9 Å². The van der Waals surface area contributed by atoms with E-state index in [0.29, 0.717) is 17.7 Å². The van der Waals surface area contributed by atoms with E-state index in [4.69, 9.17) is 23.7 Å². The Morgan fingerprint density at radius 2 is 1.54 bits per heavy atom. The lowest BCUT2D eigenvalue weighted by atomic mass is 9.75. The molecular formula is C25H30N2O7S. The van der Waals surface area contributed by atoms with Crippen LogP contribution in [0, 0.1) is 11.8 Å². The Morgan fingerprint density at radius 1 is 0.971 bits per heavy atom. The van der Waals surface area contributed by atoms with Crippen molar-refractivity contribution in [3.05, 3.63) is 35.5 Å². The summed E-state index contributed by atoms with van der Waals surface area (Å²) in [6.07, 6.45) is 8.01. The van der Waals surface area contributed by atoms with Gasteiger partial charge in [-0.05, 0) is 77.6 Å². The summed E-state index contributed by atoms with van der Waals surface area (Å²) in [5.74, 6) is 2.92. The van der Waals surface area contributed by atoms with Crippen LogP contribution < -0.4 is 14.8 Å². The van der Waals surface area contributed by atoms with Gasteiger partial charge in [0.05, 0.1) is 45.0 Å². The molecular weight excluding hydrogens is 472 g/mol. The number of carbonyl (C=O) groups excluding carboxylic acids is 1. The van der Waals surface area contributed by atoms with Crippen molar-refractivity contribution in [3.8, 4) is 11.5 Å². The number of hydrogen-bond donors (Lipinski definition) is 2. The van der Waals surface area contributed by atoms with Gasteiger partial charge < -0.3 is 14.2 Å². The minimum atomic E-state index is -3.67. The lowest BCUT2D eigenvalue weighted by Gasteiger charge is -2.30. The first kappa shape index (κ1) is 25.0. The zero-order valence-corrected chi connectivity index (χ0v) is 21.1. The van der Waals surface area contributed by atoms with Gasteiger partial charge in [0.15, 0.2) is 11.5 Å². The van der Waals surface area contributed by atoms with Gasteiger partial charge in [-0.15, -0.1) is 0 Å². The molecule has 188 valence electrons. The molecule has 0 spiro atoms. The number of carbonyl (C=O) groups is 1. The van der Waals surface area contributed by atoms with Crippen LogP contribution in [0.5, 0.6) is 11.5 Å². The molecule has 9 nitrogen and oxygen atoms in total. The standard InChI is InChI=1S/C24H26N2O4.CH4O3S/c1-28-21-10-17-16-7-13-5-4-6-14(13)8-19(16)23-20(18(17)11-22(21)29-2)9-15(12-25-23)26-24(27)30-3;1-5(2,3)4/h9-14H,4-8H2,1-3H3,(H,26,27);1H3,(H,2,3,4). The fourth-order valence-electron chi connectivity index (χ4n) is 5.43. The second kappa shape index (κ2) is 9.87. The Kier molecular flexibility index (Phi) is 7.05. The second-order valence-corrected chi connectivity index (χ2v) is 10.5. The normalized spacial score (nSPS) is 18.8. The molecule has 10 heteroatoms. The third-order valence-corrected chi connectivity index (χ3v) is 6.86. The average Bonchev–Trinajstić information content (AvgIpc) is 3.28. The molecule has 1 amide bonds. The van der Waals surface area contributed by atoms with Crippen molar-refractivity contribution in [1.82, 2.24) is 4.98 Å². The molecule has 0 saturated heterocycles. The zero-order chi connectivity index (χ0) is 25.3. The lowest BCUT2D eigenvalue weighted by Crippen LogP contribution is -2.21. The molecule has 1 aromatic heterocycles. The van der Waals surface area contributed by atoms with E-state index in [9.17, 15) is 13.2 Å². The molecule has 2 N–H and O–H groups in total. The molecule has 0 radical (unpaired) electrons. The number of benzene rings is 2. The summed E-state index contributed by atoms with van der Waals surface area (Å²) in [7, 11) is 1.00. The zero-order valence-electron chi connectivity index (χ0n) is 20.3. The smallest absolute Gasteiger partial charge is 0.411 e. The molecule has 2 atom stereocenters. The van der Waals surface area contributed by atoms with Crippen molar-refractivity contribution >= 4 is 43.6 Å². The van der Waals surface area contributed by atoms with Gasteiger partial charge in [-0.1, -0.05) is 6.42 Å². The van der Waals surface area contributed by atoms with Crippen LogP contribution in [0.15, 0.2) is 24.4 Å². The highest BCUT2D eigenvalue weighted by molar-refractivity contribution is 7.85. The number of nitrogens with zero attached hydrogens (tertiary/aromatic N) is 1. The molecule has 0 bridgehead atoms. The molecule has 5 rings (SSSR count). The molecule has 1 heterocycles. The number of pyridine rings is 1. The molecule has 2 aliphatic carbocycles. The summed E-state index contributed by atoms with van der Waals surface area (Å²) in [6.45, 7) is 0. The Labute approximate surface area is 204 Å². The Morgan fingerprint density at radius 3 is 2.11 bits per heavy atom. The molecule has 1 saturated carbocycles. The minimum absolute atomic E-state index is 0.508. The first-order chi connectivity index (χ1) is 16.6. The van der Waals surface area contributed by atoms with Gasteiger partial charge in [0.2, 0.25) is 0 Å². The van der Waals surface area contributed by atoms with E-state index in [-0.39, 0.29) is 0 Å². The Bertz CT molecular complexity index is 1380. The summed E-state index contributed by atoms with van der Waals surface area (Å²) in [5.41, 5.74) is 4.37. The highest BCUT2D eigenvalue weighted by Crippen LogP contribution is 2.47. The van der Waals surface area contributed by atoms with Crippen LogP contribution in [0.4, 0.5) is 10.5 Å². The number of methoxy groups -OCH3 is 3. The number of aromatic nitrogens is 1. The summed E-state index contributed by atoms with van der Waals surface area (Å²) in [6, 6.07) is 6.11. The Hall–Kier alpha value is -3.11. The molecule has 2 aromatic carbocycles. The third-order valence-electron chi connectivity index (χ3n) is 6.86.